The molecule has 0 aliphatic carbocycles. The Labute approximate surface area is 80.4 Å². The largest absolute Gasteiger partial charge is 0.129 e. The fraction of sp³-hybridized carbons (Fsp3) is 0.455. The van der Waals surface area contributed by atoms with Gasteiger partial charge in [0.25, 0.3) is 0 Å². The van der Waals surface area contributed by atoms with E-state index in [0.717, 1.165) is 0 Å². The molecule has 68 valence electrons. The third-order valence-corrected chi connectivity index (χ3v) is 2.44. The predicted molar refractivity (Wildman–Crippen MR) is 59.0 cm³/mol. The van der Waals surface area contributed by atoms with Gasteiger partial charge in [-0.3, -0.25) is 0 Å². The quantitative estimate of drug-likeness (QED) is 0.590. The lowest BCUT2D eigenvalue weighted by Gasteiger charge is -2.01. The van der Waals surface area contributed by atoms with Gasteiger partial charge in [0.1, 0.15) is 0 Å². The topological polar surface area (TPSA) is 0 Å². The van der Waals surface area contributed by atoms with Gasteiger partial charge in [0.05, 0.1) is 0 Å². The molecule has 0 bridgehead atoms. The minimum atomic E-state index is 1.34. The molecule has 0 radical (unpaired) electrons. The van der Waals surface area contributed by atoms with Gasteiger partial charge in [-0.2, -0.15) is 0 Å². The highest BCUT2D eigenvalue weighted by molar-refractivity contribution is 7.98. The van der Waals surface area contributed by atoms with Gasteiger partial charge < -0.3 is 0 Å². The van der Waals surface area contributed by atoms with Crippen LogP contribution < -0.4 is 0 Å². The molecule has 1 aromatic carbocycles. The van der Waals surface area contributed by atoms with E-state index in [0.29, 0.717) is 0 Å². The highest BCUT2D eigenvalue weighted by Crippen LogP contribution is 2.20. The van der Waals surface area contributed by atoms with Crippen LogP contribution in [-0.2, 0) is 0 Å². The van der Waals surface area contributed by atoms with Crippen LogP contribution in [0.15, 0.2) is 23.1 Å². The summed E-state index contributed by atoms with van der Waals surface area (Å²) in [5.41, 5.74) is 2.72. The van der Waals surface area contributed by atoms with E-state index in [1.807, 2.05) is 25.6 Å². The summed E-state index contributed by atoms with van der Waals surface area (Å²) in [7, 11) is 0. The van der Waals surface area contributed by atoms with Gasteiger partial charge in [0, 0.05) is 4.90 Å². The average Bonchev–Trinajstić information content (AvgIpc) is 2.13. The monoisotopic (exact) mass is 182 g/mol. The summed E-state index contributed by atoms with van der Waals surface area (Å²) >= 11 is 1.81. The lowest BCUT2D eigenvalue weighted by molar-refractivity contribution is 1.26. The van der Waals surface area contributed by atoms with Crippen LogP contribution in [0, 0.1) is 13.8 Å². The van der Waals surface area contributed by atoms with Crippen molar-refractivity contribution in [1.29, 1.82) is 0 Å². The molecule has 0 aromatic heterocycles. The molecule has 0 aliphatic heterocycles. The minimum absolute atomic E-state index is 1.34. The highest BCUT2D eigenvalue weighted by atomic mass is 32.2. The molecule has 0 aliphatic rings. The maximum atomic E-state index is 2.22. The smallest absolute Gasteiger partial charge is 0.0101 e. The average molecular weight is 182 g/mol. The number of hydrogen-bond acceptors (Lipinski definition) is 1. The maximum Gasteiger partial charge on any atom is 0.0101 e. The fourth-order valence-electron chi connectivity index (χ4n) is 0.927. The van der Waals surface area contributed by atoms with Crippen molar-refractivity contribution >= 4 is 11.8 Å². The minimum Gasteiger partial charge on any atom is -0.129 e. The van der Waals surface area contributed by atoms with E-state index in [1.165, 1.54) is 16.0 Å². The third kappa shape index (κ3) is 3.31. The molecule has 1 rings (SSSR count). The van der Waals surface area contributed by atoms with Crippen LogP contribution in [0.3, 0.4) is 0 Å². The van der Waals surface area contributed by atoms with Crippen LogP contribution in [0.1, 0.15) is 25.0 Å². The van der Waals surface area contributed by atoms with E-state index in [-0.39, 0.29) is 0 Å². The standard InChI is InChI=1S/C9H12S.C2H6/c1-7-4-5-8(2)9(6-7)10-3;1-2/h4-6H,1-3H3;1-2H3. The van der Waals surface area contributed by atoms with Crippen LogP contribution in [0.2, 0.25) is 0 Å². The number of hydrogen-bond donors (Lipinski definition) is 0. The lowest BCUT2D eigenvalue weighted by atomic mass is 10.2. The first kappa shape index (κ1) is 11.6. The van der Waals surface area contributed by atoms with Crippen molar-refractivity contribution in [3.63, 3.8) is 0 Å². The summed E-state index contributed by atoms with van der Waals surface area (Å²) in [6, 6.07) is 6.54. The normalized spacial score (nSPS) is 8.75. The first-order valence-electron chi connectivity index (χ1n) is 4.35. The SMILES string of the molecule is CC.CSc1cc(C)ccc1C. The van der Waals surface area contributed by atoms with E-state index in [9.17, 15) is 0 Å². The van der Waals surface area contributed by atoms with E-state index in [4.69, 9.17) is 0 Å². The molecule has 0 fully saturated rings. The summed E-state index contributed by atoms with van der Waals surface area (Å²) in [5, 5.41) is 0. The lowest BCUT2D eigenvalue weighted by Crippen LogP contribution is -1.79. The molecule has 0 heterocycles. The Morgan fingerprint density at radius 1 is 1.08 bits per heavy atom. The van der Waals surface area contributed by atoms with E-state index >= 15 is 0 Å². The number of aryl methyl sites for hydroxylation is 2. The fourth-order valence-corrected chi connectivity index (χ4v) is 1.62. The van der Waals surface area contributed by atoms with Crippen molar-refractivity contribution in [3.05, 3.63) is 29.3 Å². The molecule has 0 atom stereocenters. The number of benzene rings is 1. The molecular weight excluding hydrogens is 164 g/mol. The Morgan fingerprint density at radius 2 is 1.67 bits per heavy atom. The van der Waals surface area contributed by atoms with Gasteiger partial charge >= 0.3 is 0 Å². The van der Waals surface area contributed by atoms with Crippen molar-refractivity contribution in [3.8, 4) is 0 Å². The second kappa shape index (κ2) is 6.13. The summed E-state index contributed by atoms with van der Waals surface area (Å²) in [6.07, 6.45) is 2.11. The molecule has 0 saturated carbocycles. The number of thioether (sulfide) groups is 1. The Hall–Kier alpha value is -0.430. The molecular formula is C11H18S. The third-order valence-electron chi connectivity index (χ3n) is 1.56. The molecule has 0 spiro atoms. The van der Waals surface area contributed by atoms with E-state index in [2.05, 4.69) is 38.3 Å². The van der Waals surface area contributed by atoms with Crippen LogP contribution in [0.5, 0.6) is 0 Å². The van der Waals surface area contributed by atoms with Crippen LogP contribution in [0.4, 0.5) is 0 Å². The number of rotatable bonds is 1. The first-order valence-corrected chi connectivity index (χ1v) is 5.58. The molecule has 0 saturated heterocycles. The molecule has 0 N–H and O–H groups in total. The molecule has 1 aromatic rings. The Morgan fingerprint density at radius 3 is 2.08 bits per heavy atom. The second-order valence-electron chi connectivity index (χ2n) is 2.47. The molecule has 0 amide bonds. The molecule has 0 unspecified atom stereocenters. The molecule has 1 heteroatoms. The second-order valence-corrected chi connectivity index (χ2v) is 3.32. The summed E-state index contributed by atoms with van der Waals surface area (Å²) in [5.74, 6) is 0. The van der Waals surface area contributed by atoms with Crippen molar-refractivity contribution < 1.29 is 0 Å². The summed E-state index contributed by atoms with van der Waals surface area (Å²) < 4.78 is 0. The Kier molecular flexibility index (Phi) is 5.91. The Balaban J connectivity index is 0.000000561. The Bertz CT molecular complexity index is 228. The zero-order valence-corrected chi connectivity index (χ0v) is 9.46. The molecule has 0 nitrogen and oxygen atoms in total. The first-order chi connectivity index (χ1) is 5.74. The zero-order chi connectivity index (χ0) is 9.56. The van der Waals surface area contributed by atoms with E-state index in [1.54, 1.807) is 0 Å². The van der Waals surface area contributed by atoms with Crippen molar-refractivity contribution in [2.45, 2.75) is 32.6 Å². The summed E-state index contributed by atoms with van der Waals surface area (Å²) in [6.45, 7) is 8.27. The van der Waals surface area contributed by atoms with Crippen LogP contribution >= 0.6 is 11.8 Å². The van der Waals surface area contributed by atoms with Gasteiger partial charge in [-0.15, -0.1) is 11.8 Å². The van der Waals surface area contributed by atoms with Crippen LogP contribution in [-0.4, -0.2) is 6.26 Å². The summed E-state index contributed by atoms with van der Waals surface area (Å²) in [4.78, 5) is 1.39. The van der Waals surface area contributed by atoms with Gasteiger partial charge in [-0.1, -0.05) is 31.5 Å². The van der Waals surface area contributed by atoms with Crippen molar-refractivity contribution in [2.75, 3.05) is 6.26 Å². The van der Waals surface area contributed by atoms with Gasteiger partial charge in [-0.05, 0) is 31.7 Å². The van der Waals surface area contributed by atoms with Crippen molar-refractivity contribution in [1.82, 2.24) is 0 Å². The maximum absolute atomic E-state index is 2.22. The van der Waals surface area contributed by atoms with Crippen molar-refractivity contribution in [2.24, 2.45) is 0 Å². The molecule has 12 heavy (non-hydrogen) atoms. The van der Waals surface area contributed by atoms with Gasteiger partial charge in [-0.25, -0.2) is 0 Å². The van der Waals surface area contributed by atoms with Gasteiger partial charge in [0.2, 0.25) is 0 Å². The predicted octanol–water partition coefficient (Wildman–Crippen LogP) is 4.05. The van der Waals surface area contributed by atoms with Gasteiger partial charge in [0.15, 0.2) is 0 Å². The van der Waals surface area contributed by atoms with Crippen LogP contribution in [0.25, 0.3) is 0 Å². The van der Waals surface area contributed by atoms with E-state index < -0.39 is 0 Å². The highest BCUT2D eigenvalue weighted by Gasteiger charge is 1.94. The zero-order valence-electron chi connectivity index (χ0n) is 8.64.